The Labute approximate surface area is 113 Å². The van der Waals surface area contributed by atoms with Crippen molar-refractivity contribution in [3.05, 3.63) is 29.4 Å². The molecule has 0 saturated carbocycles. The van der Waals surface area contributed by atoms with Crippen LogP contribution in [0.2, 0.25) is 5.15 Å². The molecule has 0 bridgehead atoms. The van der Waals surface area contributed by atoms with E-state index in [-0.39, 0.29) is 0 Å². The lowest BCUT2D eigenvalue weighted by atomic mass is 10.0. The summed E-state index contributed by atoms with van der Waals surface area (Å²) in [6.45, 7) is 6.58. The minimum atomic E-state index is 0.355. The lowest BCUT2D eigenvalue weighted by molar-refractivity contribution is 0.493. The van der Waals surface area contributed by atoms with E-state index in [1.807, 2.05) is 24.3 Å². The lowest BCUT2D eigenvalue weighted by Crippen LogP contribution is -2.24. The Morgan fingerprint density at radius 2 is 1.83 bits per heavy atom. The molecule has 0 saturated heterocycles. The third kappa shape index (κ3) is 2.56. The molecule has 2 unspecified atom stereocenters. The summed E-state index contributed by atoms with van der Waals surface area (Å²) >= 11 is 6.05. The molecule has 1 aromatic heterocycles. The van der Waals surface area contributed by atoms with Crippen LogP contribution < -0.4 is 5.32 Å². The van der Waals surface area contributed by atoms with Crippen LogP contribution in [-0.4, -0.2) is 16.2 Å². The smallest absolute Gasteiger partial charge is 0.159 e. The number of halogens is 1. The van der Waals surface area contributed by atoms with Crippen LogP contribution in [-0.2, 0) is 0 Å². The molecule has 1 aromatic carbocycles. The molecule has 2 atom stereocenters. The normalized spacial score (nSPS) is 14.4. The van der Waals surface area contributed by atoms with E-state index in [1.165, 1.54) is 0 Å². The Morgan fingerprint density at radius 3 is 2.50 bits per heavy atom. The first-order valence-corrected chi connectivity index (χ1v) is 6.68. The van der Waals surface area contributed by atoms with Gasteiger partial charge < -0.3 is 5.32 Å². The Morgan fingerprint density at radius 1 is 1.17 bits per heavy atom. The van der Waals surface area contributed by atoms with Crippen LogP contribution in [0.4, 0.5) is 5.82 Å². The molecule has 3 nitrogen and oxygen atoms in total. The second-order valence-corrected chi connectivity index (χ2v) is 5.06. The molecular formula is C14H18ClN3. The molecule has 96 valence electrons. The summed E-state index contributed by atoms with van der Waals surface area (Å²) < 4.78 is 0. The highest BCUT2D eigenvalue weighted by Crippen LogP contribution is 2.26. The van der Waals surface area contributed by atoms with Crippen LogP contribution in [0.3, 0.4) is 0 Å². The number of anilines is 1. The predicted octanol–water partition coefficient (Wildman–Crippen LogP) is 4.13. The maximum atomic E-state index is 6.05. The number of rotatable bonds is 4. The van der Waals surface area contributed by atoms with Crippen LogP contribution >= 0.6 is 11.6 Å². The SMILES string of the molecule is CCC(C)C(C)Nc1nnc(Cl)c2ccccc12. The molecule has 2 aromatic rings. The first-order chi connectivity index (χ1) is 8.63. The van der Waals surface area contributed by atoms with Crippen molar-refractivity contribution in [2.24, 2.45) is 5.92 Å². The first kappa shape index (κ1) is 13.1. The fraction of sp³-hybridized carbons (Fsp3) is 0.429. The predicted molar refractivity (Wildman–Crippen MR) is 77.1 cm³/mol. The van der Waals surface area contributed by atoms with Gasteiger partial charge in [0.2, 0.25) is 0 Å². The van der Waals surface area contributed by atoms with E-state index in [0.29, 0.717) is 17.1 Å². The topological polar surface area (TPSA) is 37.8 Å². The Kier molecular flexibility index (Phi) is 4.02. The van der Waals surface area contributed by atoms with Gasteiger partial charge in [-0.25, -0.2) is 0 Å². The summed E-state index contributed by atoms with van der Waals surface area (Å²) in [5.74, 6) is 1.39. The van der Waals surface area contributed by atoms with Gasteiger partial charge in [0.05, 0.1) is 0 Å². The largest absolute Gasteiger partial charge is 0.365 e. The average molecular weight is 264 g/mol. The minimum Gasteiger partial charge on any atom is -0.365 e. The Bertz CT molecular complexity index is 542. The van der Waals surface area contributed by atoms with E-state index in [1.54, 1.807) is 0 Å². The van der Waals surface area contributed by atoms with Crippen molar-refractivity contribution in [2.75, 3.05) is 5.32 Å². The second-order valence-electron chi connectivity index (χ2n) is 4.70. The zero-order chi connectivity index (χ0) is 13.1. The van der Waals surface area contributed by atoms with E-state index in [4.69, 9.17) is 11.6 Å². The van der Waals surface area contributed by atoms with Crippen molar-refractivity contribution in [2.45, 2.75) is 33.2 Å². The van der Waals surface area contributed by atoms with Crippen LogP contribution in [0.5, 0.6) is 0 Å². The highest BCUT2D eigenvalue weighted by molar-refractivity contribution is 6.34. The average Bonchev–Trinajstić information content (AvgIpc) is 2.41. The summed E-state index contributed by atoms with van der Waals surface area (Å²) in [5.41, 5.74) is 0. The minimum absolute atomic E-state index is 0.355. The number of nitrogens with zero attached hydrogens (tertiary/aromatic N) is 2. The van der Waals surface area contributed by atoms with Crippen LogP contribution in [0.1, 0.15) is 27.2 Å². The number of fused-ring (bicyclic) bond motifs is 1. The van der Waals surface area contributed by atoms with Crippen molar-refractivity contribution in [3.63, 3.8) is 0 Å². The van der Waals surface area contributed by atoms with Crippen molar-refractivity contribution in [1.82, 2.24) is 10.2 Å². The highest BCUT2D eigenvalue weighted by Gasteiger charge is 2.13. The molecule has 0 fully saturated rings. The molecule has 1 heterocycles. The monoisotopic (exact) mass is 263 g/mol. The lowest BCUT2D eigenvalue weighted by Gasteiger charge is -2.21. The van der Waals surface area contributed by atoms with E-state index < -0.39 is 0 Å². The Hall–Kier alpha value is -1.35. The summed E-state index contributed by atoms with van der Waals surface area (Å²) in [5, 5.41) is 14.0. The molecule has 0 aliphatic carbocycles. The molecule has 1 N–H and O–H groups in total. The van der Waals surface area contributed by atoms with Gasteiger partial charge in [-0.1, -0.05) is 56.1 Å². The van der Waals surface area contributed by atoms with Gasteiger partial charge in [-0.15, -0.1) is 10.2 Å². The third-order valence-electron chi connectivity index (χ3n) is 3.50. The van der Waals surface area contributed by atoms with Gasteiger partial charge in [-0.3, -0.25) is 0 Å². The molecule has 0 spiro atoms. The van der Waals surface area contributed by atoms with Crippen molar-refractivity contribution < 1.29 is 0 Å². The highest BCUT2D eigenvalue weighted by atomic mass is 35.5. The van der Waals surface area contributed by atoms with Gasteiger partial charge in [0.25, 0.3) is 0 Å². The van der Waals surface area contributed by atoms with E-state index in [9.17, 15) is 0 Å². The molecule has 0 aliphatic rings. The molecular weight excluding hydrogens is 246 g/mol. The summed E-state index contributed by atoms with van der Waals surface area (Å²) in [6, 6.07) is 8.28. The van der Waals surface area contributed by atoms with Gasteiger partial charge in [0.15, 0.2) is 11.0 Å². The molecule has 0 amide bonds. The van der Waals surface area contributed by atoms with Crippen LogP contribution in [0.25, 0.3) is 10.8 Å². The fourth-order valence-corrected chi connectivity index (χ4v) is 2.09. The van der Waals surface area contributed by atoms with Gasteiger partial charge in [-0.05, 0) is 12.8 Å². The number of hydrogen-bond donors (Lipinski definition) is 1. The zero-order valence-electron chi connectivity index (χ0n) is 10.9. The first-order valence-electron chi connectivity index (χ1n) is 6.31. The molecule has 2 rings (SSSR count). The van der Waals surface area contributed by atoms with E-state index in [0.717, 1.165) is 23.0 Å². The molecule has 18 heavy (non-hydrogen) atoms. The van der Waals surface area contributed by atoms with Gasteiger partial charge in [0, 0.05) is 16.8 Å². The standard InChI is InChI=1S/C14H18ClN3/c1-4-9(2)10(3)16-14-12-8-6-5-7-11(12)13(15)17-18-14/h5-10H,4H2,1-3H3,(H,16,18). The molecule has 0 aliphatic heterocycles. The Balaban J connectivity index is 2.37. The van der Waals surface area contributed by atoms with Crippen molar-refractivity contribution >= 4 is 28.2 Å². The zero-order valence-corrected chi connectivity index (χ0v) is 11.7. The maximum absolute atomic E-state index is 6.05. The maximum Gasteiger partial charge on any atom is 0.159 e. The quantitative estimate of drug-likeness (QED) is 0.901. The van der Waals surface area contributed by atoms with Gasteiger partial charge in [-0.2, -0.15) is 0 Å². The number of benzene rings is 1. The summed E-state index contributed by atoms with van der Waals surface area (Å²) in [7, 11) is 0. The van der Waals surface area contributed by atoms with E-state index >= 15 is 0 Å². The van der Waals surface area contributed by atoms with Crippen molar-refractivity contribution in [3.8, 4) is 0 Å². The third-order valence-corrected chi connectivity index (χ3v) is 3.78. The summed E-state index contributed by atoms with van der Waals surface area (Å²) in [4.78, 5) is 0. The van der Waals surface area contributed by atoms with Gasteiger partial charge >= 0.3 is 0 Å². The fourth-order valence-electron chi connectivity index (χ4n) is 1.89. The van der Waals surface area contributed by atoms with Gasteiger partial charge in [0.1, 0.15) is 0 Å². The summed E-state index contributed by atoms with van der Waals surface area (Å²) in [6.07, 6.45) is 1.13. The number of nitrogens with one attached hydrogen (secondary N) is 1. The number of hydrogen-bond acceptors (Lipinski definition) is 3. The van der Waals surface area contributed by atoms with E-state index in [2.05, 4.69) is 36.3 Å². The second kappa shape index (κ2) is 5.53. The van der Waals surface area contributed by atoms with Crippen LogP contribution in [0, 0.1) is 5.92 Å². The molecule has 0 radical (unpaired) electrons. The molecule has 4 heteroatoms. The van der Waals surface area contributed by atoms with Crippen LogP contribution in [0.15, 0.2) is 24.3 Å². The van der Waals surface area contributed by atoms with Crippen molar-refractivity contribution in [1.29, 1.82) is 0 Å². The number of aromatic nitrogens is 2.